The number of rotatable bonds is 8. The highest BCUT2D eigenvalue weighted by Crippen LogP contribution is 2.29. The molecule has 1 amide bonds. The lowest BCUT2D eigenvalue weighted by Gasteiger charge is -2.07. The van der Waals surface area contributed by atoms with Gasteiger partial charge < -0.3 is 9.30 Å². The molecule has 0 bridgehead atoms. The molecule has 0 aliphatic rings. The molecule has 0 atom stereocenters. The Morgan fingerprint density at radius 1 is 1.12 bits per heavy atom. The average Bonchev–Trinajstić information content (AvgIpc) is 3.44. The molecule has 4 aromatic rings. The molecule has 0 aliphatic carbocycles. The van der Waals surface area contributed by atoms with Crippen LogP contribution in [0.15, 0.2) is 53.7 Å². The fraction of sp³-hybridized carbons (Fsp3) is 0.190. The van der Waals surface area contributed by atoms with Crippen molar-refractivity contribution in [1.82, 2.24) is 25.0 Å². The van der Waals surface area contributed by atoms with Crippen molar-refractivity contribution in [1.29, 1.82) is 0 Å². The van der Waals surface area contributed by atoms with E-state index in [0.29, 0.717) is 32.7 Å². The van der Waals surface area contributed by atoms with Crippen molar-refractivity contribution in [2.24, 2.45) is 0 Å². The molecule has 4 rings (SSSR count). The van der Waals surface area contributed by atoms with Gasteiger partial charge in [-0.15, -0.1) is 20.4 Å². The molecule has 0 unspecified atom stereocenters. The van der Waals surface area contributed by atoms with E-state index in [2.05, 4.69) is 25.7 Å². The molecule has 2 aromatic heterocycles. The Labute approximate surface area is 198 Å². The van der Waals surface area contributed by atoms with Gasteiger partial charge in [-0.1, -0.05) is 46.8 Å². The molecule has 8 nitrogen and oxygen atoms in total. The number of aromatic nitrogens is 5. The van der Waals surface area contributed by atoms with Crippen molar-refractivity contribution in [2.45, 2.75) is 18.6 Å². The molecule has 0 saturated carbocycles. The minimum Gasteiger partial charge on any atom is -0.497 e. The first-order valence-electron chi connectivity index (χ1n) is 9.67. The number of carbonyl (C=O) groups is 1. The number of hydrogen-bond acceptors (Lipinski definition) is 8. The van der Waals surface area contributed by atoms with E-state index in [1.165, 1.54) is 23.1 Å². The molecule has 0 spiro atoms. The number of anilines is 1. The van der Waals surface area contributed by atoms with Crippen LogP contribution in [0.2, 0.25) is 5.02 Å². The number of nitrogens with one attached hydrogen (secondary N) is 1. The summed E-state index contributed by atoms with van der Waals surface area (Å²) in [5, 5.41) is 22.0. The summed E-state index contributed by atoms with van der Waals surface area (Å²) in [6, 6.07) is 15.0. The van der Waals surface area contributed by atoms with Crippen molar-refractivity contribution in [2.75, 3.05) is 18.2 Å². The molecule has 2 aromatic carbocycles. The number of benzene rings is 2. The lowest BCUT2D eigenvalue weighted by molar-refractivity contribution is -0.113. The van der Waals surface area contributed by atoms with Gasteiger partial charge in [-0.2, -0.15) is 0 Å². The first-order chi connectivity index (χ1) is 15.6. The van der Waals surface area contributed by atoms with Gasteiger partial charge in [-0.05, 0) is 43.3 Å². The largest absolute Gasteiger partial charge is 0.497 e. The molecular formula is C21H19ClN6O2S2. The normalized spacial score (nSPS) is 10.8. The summed E-state index contributed by atoms with van der Waals surface area (Å²) in [5.74, 6) is 1.46. The molecule has 2 heterocycles. The van der Waals surface area contributed by atoms with Crippen molar-refractivity contribution in [3.05, 3.63) is 53.6 Å². The molecule has 164 valence electrons. The van der Waals surface area contributed by atoms with Gasteiger partial charge in [0.05, 0.1) is 12.9 Å². The zero-order valence-corrected chi connectivity index (χ0v) is 19.7. The summed E-state index contributed by atoms with van der Waals surface area (Å²) in [6.45, 7) is 2.67. The van der Waals surface area contributed by atoms with Crippen LogP contribution in [-0.4, -0.2) is 43.7 Å². The van der Waals surface area contributed by atoms with E-state index in [9.17, 15) is 4.79 Å². The van der Waals surface area contributed by atoms with Crippen LogP contribution in [0, 0.1) is 0 Å². The lowest BCUT2D eigenvalue weighted by atomic mass is 10.2. The maximum atomic E-state index is 12.5. The standard InChI is InChI=1S/C21H19ClN6O2S2/c1-3-28-18(14-5-4-6-15(22)11-14)24-27-21(28)31-12-17(29)23-20-26-25-19(32-20)13-7-9-16(30-2)10-8-13/h4-11H,3,12H2,1-2H3,(H,23,26,29). The summed E-state index contributed by atoms with van der Waals surface area (Å²) in [4.78, 5) is 12.5. The van der Waals surface area contributed by atoms with E-state index in [1.54, 1.807) is 7.11 Å². The summed E-state index contributed by atoms with van der Waals surface area (Å²) >= 11 is 8.72. The van der Waals surface area contributed by atoms with Crippen molar-refractivity contribution in [3.8, 4) is 27.7 Å². The number of hydrogen-bond donors (Lipinski definition) is 1. The lowest BCUT2D eigenvalue weighted by Crippen LogP contribution is -2.14. The fourth-order valence-electron chi connectivity index (χ4n) is 2.93. The highest BCUT2D eigenvalue weighted by atomic mass is 35.5. The fourth-order valence-corrected chi connectivity index (χ4v) is 4.69. The SMILES string of the molecule is CCn1c(SCC(=O)Nc2nnc(-c3ccc(OC)cc3)s2)nnc1-c1cccc(Cl)c1. The van der Waals surface area contributed by atoms with Crippen LogP contribution < -0.4 is 10.1 Å². The second kappa shape index (κ2) is 10.1. The third kappa shape index (κ3) is 5.09. The molecular weight excluding hydrogens is 468 g/mol. The smallest absolute Gasteiger partial charge is 0.236 e. The first kappa shape index (κ1) is 22.3. The van der Waals surface area contributed by atoms with Gasteiger partial charge in [0.15, 0.2) is 11.0 Å². The van der Waals surface area contributed by atoms with E-state index >= 15 is 0 Å². The maximum Gasteiger partial charge on any atom is 0.236 e. The molecule has 0 saturated heterocycles. The van der Waals surface area contributed by atoms with Crippen molar-refractivity contribution < 1.29 is 9.53 Å². The van der Waals surface area contributed by atoms with Gasteiger partial charge in [0, 0.05) is 22.7 Å². The molecule has 11 heteroatoms. The van der Waals surface area contributed by atoms with E-state index in [1.807, 2.05) is 60.0 Å². The quantitative estimate of drug-likeness (QED) is 0.355. The monoisotopic (exact) mass is 486 g/mol. The molecule has 0 aliphatic heterocycles. The zero-order valence-electron chi connectivity index (χ0n) is 17.3. The van der Waals surface area contributed by atoms with Crippen LogP contribution in [0.1, 0.15) is 6.92 Å². The van der Waals surface area contributed by atoms with Crippen molar-refractivity contribution >= 4 is 45.7 Å². The predicted molar refractivity (Wildman–Crippen MR) is 127 cm³/mol. The zero-order chi connectivity index (χ0) is 22.5. The number of nitrogens with zero attached hydrogens (tertiary/aromatic N) is 5. The Bertz CT molecular complexity index is 1230. The molecule has 1 N–H and O–H groups in total. The van der Waals surface area contributed by atoms with Crippen LogP contribution in [0.25, 0.3) is 22.0 Å². The Balaban J connectivity index is 1.39. The Kier molecular flexibility index (Phi) is 7.03. The molecule has 0 fully saturated rings. The van der Waals surface area contributed by atoms with E-state index in [4.69, 9.17) is 16.3 Å². The second-order valence-corrected chi connectivity index (χ2v) is 8.89. The number of amides is 1. The Hall–Kier alpha value is -2.95. The van der Waals surface area contributed by atoms with Crippen LogP contribution in [-0.2, 0) is 11.3 Å². The first-order valence-corrected chi connectivity index (χ1v) is 11.8. The highest BCUT2D eigenvalue weighted by molar-refractivity contribution is 7.99. The van der Waals surface area contributed by atoms with Crippen LogP contribution in [0.3, 0.4) is 0 Å². The number of carbonyl (C=O) groups excluding carboxylic acids is 1. The second-order valence-electron chi connectivity index (χ2n) is 6.54. The van der Waals surface area contributed by atoms with Crippen LogP contribution in [0.5, 0.6) is 5.75 Å². The van der Waals surface area contributed by atoms with Gasteiger partial charge in [-0.3, -0.25) is 10.1 Å². The van der Waals surface area contributed by atoms with Gasteiger partial charge in [0.1, 0.15) is 10.8 Å². The average molecular weight is 487 g/mol. The predicted octanol–water partition coefficient (Wildman–Crippen LogP) is 4.88. The summed E-state index contributed by atoms with van der Waals surface area (Å²) < 4.78 is 7.12. The van der Waals surface area contributed by atoms with Gasteiger partial charge >= 0.3 is 0 Å². The Morgan fingerprint density at radius 3 is 2.66 bits per heavy atom. The highest BCUT2D eigenvalue weighted by Gasteiger charge is 2.16. The summed E-state index contributed by atoms with van der Waals surface area (Å²) in [7, 11) is 1.62. The van der Waals surface area contributed by atoms with E-state index < -0.39 is 0 Å². The number of ether oxygens (including phenoxy) is 1. The molecule has 32 heavy (non-hydrogen) atoms. The maximum absolute atomic E-state index is 12.5. The third-order valence-electron chi connectivity index (χ3n) is 4.46. The van der Waals surface area contributed by atoms with Crippen LogP contribution >= 0.6 is 34.7 Å². The Morgan fingerprint density at radius 2 is 1.94 bits per heavy atom. The summed E-state index contributed by atoms with van der Waals surface area (Å²) in [5.41, 5.74) is 1.78. The van der Waals surface area contributed by atoms with E-state index in [0.717, 1.165) is 16.9 Å². The molecule has 0 radical (unpaired) electrons. The van der Waals surface area contributed by atoms with Gasteiger partial charge in [-0.25, -0.2) is 0 Å². The van der Waals surface area contributed by atoms with Gasteiger partial charge in [0.25, 0.3) is 0 Å². The number of methoxy groups -OCH3 is 1. The number of halogens is 1. The third-order valence-corrected chi connectivity index (χ3v) is 6.55. The summed E-state index contributed by atoms with van der Waals surface area (Å²) in [6.07, 6.45) is 0. The van der Waals surface area contributed by atoms with Crippen molar-refractivity contribution in [3.63, 3.8) is 0 Å². The van der Waals surface area contributed by atoms with Crippen LogP contribution in [0.4, 0.5) is 5.13 Å². The number of thioether (sulfide) groups is 1. The minimum absolute atomic E-state index is 0.172. The minimum atomic E-state index is -0.192. The van der Waals surface area contributed by atoms with Gasteiger partial charge in [0.2, 0.25) is 11.0 Å². The topological polar surface area (TPSA) is 94.8 Å². The van der Waals surface area contributed by atoms with E-state index in [-0.39, 0.29) is 11.7 Å².